The number of rotatable bonds is 12. The molecule has 3 nitrogen and oxygen atoms in total. The van der Waals surface area contributed by atoms with Crippen molar-refractivity contribution in [2.45, 2.75) is 52.4 Å². The van der Waals surface area contributed by atoms with Gasteiger partial charge in [0, 0.05) is 18.5 Å². The minimum atomic E-state index is 0.555. The van der Waals surface area contributed by atoms with Crippen LogP contribution in [-0.2, 0) is 12.8 Å². The van der Waals surface area contributed by atoms with E-state index in [4.69, 9.17) is 10.7 Å². The van der Waals surface area contributed by atoms with Gasteiger partial charge in [-0.05, 0) is 60.6 Å². The fourth-order valence-corrected chi connectivity index (χ4v) is 3.72. The van der Waals surface area contributed by atoms with Crippen LogP contribution in [0.2, 0.25) is 0 Å². The van der Waals surface area contributed by atoms with Gasteiger partial charge in [0.2, 0.25) is 0 Å². The molecule has 0 atom stereocenters. The third kappa shape index (κ3) is 7.94. The molecule has 0 bridgehead atoms. The summed E-state index contributed by atoms with van der Waals surface area (Å²) in [6, 6.07) is 23.5. The van der Waals surface area contributed by atoms with Crippen molar-refractivity contribution < 1.29 is 0 Å². The van der Waals surface area contributed by atoms with Crippen molar-refractivity contribution >= 4 is 23.3 Å². The van der Waals surface area contributed by atoms with Crippen LogP contribution in [0.3, 0.4) is 0 Å². The molecule has 0 amide bonds. The van der Waals surface area contributed by atoms with E-state index in [-0.39, 0.29) is 0 Å². The molecule has 3 heteroatoms. The lowest BCUT2D eigenvalue weighted by atomic mass is 10.0. The Bertz CT molecular complexity index is 1050. The zero-order chi connectivity index (χ0) is 23.5. The van der Waals surface area contributed by atoms with Crippen LogP contribution in [0.4, 0.5) is 11.4 Å². The zero-order valence-corrected chi connectivity index (χ0v) is 20.1. The molecule has 3 aromatic rings. The molecule has 3 aromatic carbocycles. The Morgan fingerprint density at radius 2 is 1.58 bits per heavy atom. The van der Waals surface area contributed by atoms with Gasteiger partial charge in [-0.2, -0.15) is 0 Å². The van der Waals surface area contributed by atoms with Crippen LogP contribution in [-0.4, -0.2) is 12.8 Å². The van der Waals surface area contributed by atoms with E-state index >= 15 is 0 Å². The predicted molar refractivity (Wildman–Crippen MR) is 145 cm³/mol. The van der Waals surface area contributed by atoms with Gasteiger partial charge in [-0.25, -0.2) is 0 Å². The molecule has 0 heterocycles. The molecule has 0 saturated heterocycles. The van der Waals surface area contributed by atoms with Gasteiger partial charge >= 0.3 is 0 Å². The summed E-state index contributed by atoms with van der Waals surface area (Å²) in [6.45, 7) is 9.17. The molecule has 0 aromatic heterocycles. The van der Waals surface area contributed by atoms with Gasteiger partial charge < -0.3 is 11.1 Å². The molecule has 0 fully saturated rings. The van der Waals surface area contributed by atoms with Crippen LogP contribution in [0.1, 0.15) is 60.4 Å². The Hall–Kier alpha value is -3.33. The lowest BCUT2D eigenvalue weighted by molar-refractivity contribution is 0.685. The standard InChI is InChI=1S/C30H37N3/c1-4-5-6-7-20-32-29-19-18-28(24(3)31)21-30(29)33-22-27-16-14-26(15-17-27)13-12-25-10-8-23(2)9-11-25/h8-11,14-19,21-22,32H,3-7,12-13,20,31H2,1-2H3. The van der Waals surface area contributed by atoms with Crippen LogP contribution in [0.5, 0.6) is 0 Å². The molecule has 0 aliphatic heterocycles. The van der Waals surface area contributed by atoms with E-state index in [1.54, 1.807) is 0 Å². The maximum atomic E-state index is 5.92. The highest BCUT2D eigenvalue weighted by Gasteiger charge is 2.04. The van der Waals surface area contributed by atoms with Crippen LogP contribution in [0.15, 0.2) is 78.3 Å². The number of nitrogens with two attached hydrogens (primary N) is 1. The summed E-state index contributed by atoms with van der Waals surface area (Å²) in [4.78, 5) is 4.78. The molecule has 0 unspecified atom stereocenters. The van der Waals surface area contributed by atoms with Gasteiger partial charge in [0.25, 0.3) is 0 Å². The molecular weight excluding hydrogens is 402 g/mol. The lowest BCUT2D eigenvalue weighted by Gasteiger charge is -2.11. The second-order valence-electron chi connectivity index (χ2n) is 8.73. The second-order valence-corrected chi connectivity index (χ2v) is 8.73. The molecule has 0 saturated carbocycles. The summed E-state index contributed by atoms with van der Waals surface area (Å²) in [5.74, 6) is 0. The van der Waals surface area contributed by atoms with E-state index in [2.05, 4.69) is 74.3 Å². The quantitative estimate of drug-likeness (QED) is 0.227. The highest BCUT2D eigenvalue weighted by Crippen LogP contribution is 2.28. The number of aryl methyl sites for hydroxylation is 3. The third-order valence-corrected chi connectivity index (χ3v) is 5.87. The average Bonchev–Trinajstić information content (AvgIpc) is 2.83. The summed E-state index contributed by atoms with van der Waals surface area (Å²) in [5.41, 5.74) is 14.4. The summed E-state index contributed by atoms with van der Waals surface area (Å²) in [6.07, 6.45) is 8.93. The van der Waals surface area contributed by atoms with Crippen LogP contribution < -0.4 is 11.1 Å². The van der Waals surface area contributed by atoms with Gasteiger partial charge in [0.05, 0.1) is 11.4 Å². The Labute approximate surface area is 199 Å². The zero-order valence-electron chi connectivity index (χ0n) is 20.1. The smallest absolute Gasteiger partial charge is 0.0867 e. The summed E-state index contributed by atoms with van der Waals surface area (Å²) >= 11 is 0. The number of nitrogens with zero attached hydrogens (tertiary/aromatic N) is 1. The first-order valence-corrected chi connectivity index (χ1v) is 12.1. The normalized spacial score (nSPS) is 11.1. The van der Waals surface area contributed by atoms with Crippen LogP contribution in [0, 0.1) is 6.92 Å². The number of anilines is 1. The summed E-state index contributed by atoms with van der Waals surface area (Å²) in [5, 5.41) is 3.54. The number of benzene rings is 3. The van der Waals surface area contributed by atoms with Gasteiger partial charge in [-0.3, -0.25) is 4.99 Å². The minimum Gasteiger partial charge on any atom is -0.399 e. The van der Waals surface area contributed by atoms with Crippen molar-refractivity contribution in [1.29, 1.82) is 0 Å². The van der Waals surface area contributed by atoms with Crippen molar-refractivity contribution in [1.82, 2.24) is 0 Å². The molecule has 33 heavy (non-hydrogen) atoms. The average molecular weight is 440 g/mol. The number of unbranched alkanes of at least 4 members (excludes halogenated alkanes) is 3. The van der Waals surface area contributed by atoms with E-state index in [1.165, 1.54) is 36.0 Å². The molecule has 3 N–H and O–H groups in total. The van der Waals surface area contributed by atoms with Crippen molar-refractivity contribution in [3.05, 3.63) is 101 Å². The maximum absolute atomic E-state index is 5.92. The third-order valence-electron chi connectivity index (χ3n) is 5.87. The van der Waals surface area contributed by atoms with E-state index in [0.29, 0.717) is 5.70 Å². The van der Waals surface area contributed by atoms with Crippen molar-refractivity contribution in [3.63, 3.8) is 0 Å². The lowest BCUT2D eigenvalue weighted by Crippen LogP contribution is -2.02. The summed E-state index contributed by atoms with van der Waals surface area (Å²) in [7, 11) is 0. The SMILES string of the molecule is C=C(N)c1ccc(NCCCCCC)c(N=Cc2ccc(CCc3ccc(C)cc3)cc2)c1. The van der Waals surface area contributed by atoms with E-state index < -0.39 is 0 Å². The first kappa shape index (κ1) is 24.3. The molecule has 0 spiro atoms. The van der Waals surface area contributed by atoms with Gasteiger partial charge in [-0.1, -0.05) is 92.9 Å². The largest absolute Gasteiger partial charge is 0.399 e. The number of nitrogens with one attached hydrogen (secondary N) is 1. The van der Waals surface area contributed by atoms with Gasteiger partial charge in [0.1, 0.15) is 0 Å². The molecule has 3 rings (SSSR count). The Kier molecular flexibility index (Phi) is 9.31. The molecular formula is C30H37N3. The maximum Gasteiger partial charge on any atom is 0.0867 e. The molecule has 172 valence electrons. The Morgan fingerprint density at radius 3 is 2.21 bits per heavy atom. The van der Waals surface area contributed by atoms with E-state index in [0.717, 1.165) is 48.3 Å². The first-order valence-electron chi connectivity index (χ1n) is 12.1. The summed E-state index contributed by atoms with van der Waals surface area (Å²) < 4.78 is 0. The first-order chi connectivity index (χ1) is 16.0. The monoisotopic (exact) mass is 439 g/mol. The van der Waals surface area contributed by atoms with E-state index in [1.807, 2.05) is 24.4 Å². The minimum absolute atomic E-state index is 0.555. The number of aliphatic imine (C=N–C) groups is 1. The number of hydrogen-bond donors (Lipinski definition) is 2. The van der Waals surface area contributed by atoms with Crippen LogP contribution >= 0.6 is 0 Å². The van der Waals surface area contributed by atoms with Gasteiger partial charge in [0.15, 0.2) is 0 Å². The van der Waals surface area contributed by atoms with Gasteiger partial charge in [-0.15, -0.1) is 0 Å². The van der Waals surface area contributed by atoms with Crippen molar-refractivity contribution in [3.8, 4) is 0 Å². The molecule has 0 radical (unpaired) electrons. The Balaban J connectivity index is 1.64. The van der Waals surface area contributed by atoms with E-state index in [9.17, 15) is 0 Å². The number of hydrogen-bond acceptors (Lipinski definition) is 3. The Morgan fingerprint density at radius 1 is 0.909 bits per heavy atom. The fraction of sp³-hybridized carbons (Fsp3) is 0.300. The highest BCUT2D eigenvalue weighted by atomic mass is 14.9. The van der Waals surface area contributed by atoms with Crippen LogP contribution in [0.25, 0.3) is 5.70 Å². The second kappa shape index (κ2) is 12.6. The topological polar surface area (TPSA) is 50.4 Å². The predicted octanol–water partition coefficient (Wildman–Crippen LogP) is 7.45. The molecule has 0 aliphatic rings. The van der Waals surface area contributed by atoms with Crippen molar-refractivity contribution in [2.75, 3.05) is 11.9 Å². The fourth-order valence-electron chi connectivity index (χ4n) is 3.72. The molecule has 0 aliphatic carbocycles. The highest BCUT2D eigenvalue weighted by molar-refractivity contribution is 5.85. The van der Waals surface area contributed by atoms with Crippen molar-refractivity contribution in [2.24, 2.45) is 10.7 Å².